The summed E-state index contributed by atoms with van der Waals surface area (Å²) in [5.41, 5.74) is -3.06. The van der Waals surface area contributed by atoms with Crippen molar-refractivity contribution in [2.24, 2.45) is 0 Å². The predicted molar refractivity (Wildman–Crippen MR) is 59.8 cm³/mol. The number of rotatable bonds is 5. The number of halogens is 3. The molecule has 5 heteroatoms. The van der Waals surface area contributed by atoms with Gasteiger partial charge in [-0.15, -0.1) is 0 Å². The van der Waals surface area contributed by atoms with E-state index in [2.05, 4.69) is 0 Å². The molecule has 1 aromatic carbocycles. The van der Waals surface area contributed by atoms with Gasteiger partial charge < -0.3 is 4.74 Å². The van der Waals surface area contributed by atoms with Crippen molar-refractivity contribution in [3.63, 3.8) is 0 Å². The van der Waals surface area contributed by atoms with Crippen LogP contribution in [0.1, 0.15) is 12.5 Å². The topological polar surface area (TPSA) is 9.23 Å². The third kappa shape index (κ3) is 5.30. The summed E-state index contributed by atoms with van der Waals surface area (Å²) in [5.74, 6) is 0.543. The van der Waals surface area contributed by atoms with Gasteiger partial charge >= 0.3 is 5.51 Å². The Morgan fingerprint density at radius 1 is 1.31 bits per heavy atom. The standard InChI is InChI=1S/C11H13F3OS/c1-2-9-4-3-5-10(8-9)15-6-7-16-11(12,13)14/h3-5,8H,2,6-7H2,1H3. The summed E-state index contributed by atoms with van der Waals surface area (Å²) in [7, 11) is 0. The van der Waals surface area contributed by atoms with E-state index in [1.54, 1.807) is 6.07 Å². The molecule has 1 rings (SSSR count). The van der Waals surface area contributed by atoms with Crippen molar-refractivity contribution in [3.8, 4) is 5.75 Å². The summed E-state index contributed by atoms with van der Waals surface area (Å²) < 4.78 is 40.6. The van der Waals surface area contributed by atoms with Crippen LogP contribution in [-0.2, 0) is 6.42 Å². The summed E-state index contributed by atoms with van der Waals surface area (Å²) in [6.07, 6.45) is 0.883. The zero-order valence-corrected chi connectivity index (χ0v) is 9.70. The van der Waals surface area contributed by atoms with E-state index in [1.807, 2.05) is 25.1 Å². The third-order valence-corrected chi connectivity index (χ3v) is 2.62. The highest BCUT2D eigenvalue weighted by Gasteiger charge is 2.27. The molecule has 0 saturated carbocycles. The first-order chi connectivity index (χ1) is 7.51. The molecule has 16 heavy (non-hydrogen) atoms. The normalized spacial score (nSPS) is 11.5. The first kappa shape index (κ1) is 13.2. The van der Waals surface area contributed by atoms with Crippen LogP contribution in [0, 0.1) is 0 Å². The largest absolute Gasteiger partial charge is 0.493 e. The van der Waals surface area contributed by atoms with Gasteiger partial charge in [-0.2, -0.15) is 13.2 Å². The highest BCUT2D eigenvalue weighted by molar-refractivity contribution is 8.00. The molecule has 0 aliphatic heterocycles. The van der Waals surface area contributed by atoms with E-state index in [-0.39, 0.29) is 24.1 Å². The summed E-state index contributed by atoms with van der Waals surface area (Å²) in [6, 6.07) is 7.39. The molecule has 0 fully saturated rings. The van der Waals surface area contributed by atoms with Crippen LogP contribution >= 0.6 is 11.8 Å². The highest BCUT2D eigenvalue weighted by atomic mass is 32.2. The quantitative estimate of drug-likeness (QED) is 0.733. The second-order valence-corrected chi connectivity index (χ2v) is 4.30. The Bertz CT molecular complexity index is 325. The van der Waals surface area contributed by atoms with Gasteiger partial charge in [0.25, 0.3) is 0 Å². The van der Waals surface area contributed by atoms with Crippen LogP contribution < -0.4 is 4.74 Å². The van der Waals surface area contributed by atoms with E-state index < -0.39 is 5.51 Å². The molecule has 0 spiro atoms. The minimum absolute atomic E-state index is 0.0622. The first-order valence-electron chi connectivity index (χ1n) is 4.93. The lowest BCUT2D eigenvalue weighted by Crippen LogP contribution is -2.07. The van der Waals surface area contributed by atoms with E-state index in [9.17, 15) is 13.2 Å². The molecule has 1 nitrogen and oxygen atoms in total. The molecule has 0 atom stereocenters. The van der Waals surface area contributed by atoms with Crippen LogP contribution in [0.25, 0.3) is 0 Å². The van der Waals surface area contributed by atoms with Crippen LogP contribution in [-0.4, -0.2) is 17.9 Å². The Kier molecular flexibility index (Phi) is 4.99. The predicted octanol–water partition coefficient (Wildman–Crippen LogP) is 3.88. The molecular formula is C11H13F3OS. The van der Waals surface area contributed by atoms with Crippen LogP contribution in [0.2, 0.25) is 0 Å². The summed E-state index contributed by atoms with van der Waals surface area (Å²) in [5, 5.41) is 0. The Hall–Kier alpha value is -0.840. The summed E-state index contributed by atoms with van der Waals surface area (Å²) in [4.78, 5) is 0. The second-order valence-electron chi connectivity index (χ2n) is 3.14. The number of benzene rings is 1. The monoisotopic (exact) mass is 250 g/mol. The van der Waals surface area contributed by atoms with Gasteiger partial charge in [0.1, 0.15) is 5.75 Å². The molecule has 0 aliphatic carbocycles. The number of alkyl halides is 3. The van der Waals surface area contributed by atoms with Gasteiger partial charge in [0.05, 0.1) is 6.61 Å². The fraction of sp³-hybridized carbons (Fsp3) is 0.455. The number of thioether (sulfide) groups is 1. The zero-order valence-electron chi connectivity index (χ0n) is 8.88. The molecule has 0 aromatic heterocycles. The van der Waals surface area contributed by atoms with Gasteiger partial charge in [-0.25, -0.2) is 0 Å². The van der Waals surface area contributed by atoms with Gasteiger partial charge in [0.15, 0.2) is 0 Å². The first-order valence-corrected chi connectivity index (χ1v) is 5.92. The summed E-state index contributed by atoms with van der Waals surface area (Å²) >= 11 is -0.0622. The molecule has 0 heterocycles. The molecular weight excluding hydrogens is 237 g/mol. The van der Waals surface area contributed by atoms with E-state index in [0.717, 1.165) is 12.0 Å². The third-order valence-electron chi connectivity index (χ3n) is 1.92. The average Bonchev–Trinajstić information content (AvgIpc) is 2.23. The van der Waals surface area contributed by atoms with Gasteiger partial charge in [-0.1, -0.05) is 19.1 Å². The number of hydrogen-bond donors (Lipinski definition) is 0. The number of aryl methyl sites for hydroxylation is 1. The molecule has 0 N–H and O–H groups in total. The summed E-state index contributed by atoms with van der Waals surface area (Å²) in [6.45, 7) is 2.08. The molecule has 0 radical (unpaired) electrons. The van der Waals surface area contributed by atoms with Crippen molar-refractivity contribution in [1.29, 1.82) is 0 Å². The van der Waals surface area contributed by atoms with Crippen molar-refractivity contribution in [3.05, 3.63) is 29.8 Å². The molecule has 0 aliphatic rings. The van der Waals surface area contributed by atoms with Crippen molar-refractivity contribution in [2.45, 2.75) is 18.9 Å². The van der Waals surface area contributed by atoms with Gasteiger partial charge in [-0.05, 0) is 35.9 Å². The maximum atomic E-state index is 11.8. The minimum Gasteiger partial charge on any atom is -0.493 e. The van der Waals surface area contributed by atoms with E-state index in [0.29, 0.717) is 5.75 Å². The molecule has 90 valence electrons. The van der Waals surface area contributed by atoms with E-state index in [4.69, 9.17) is 4.74 Å². The fourth-order valence-corrected chi connectivity index (χ4v) is 1.57. The number of hydrogen-bond acceptors (Lipinski definition) is 2. The Balaban J connectivity index is 2.32. The van der Waals surface area contributed by atoms with Crippen molar-refractivity contribution in [1.82, 2.24) is 0 Å². The molecule has 1 aromatic rings. The van der Waals surface area contributed by atoms with Gasteiger partial charge in [0.2, 0.25) is 0 Å². The van der Waals surface area contributed by atoms with Crippen LogP contribution in [0.15, 0.2) is 24.3 Å². The van der Waals surface area contributed by atoms with E-state index >= 15 is 0 Å². The van der Waals surface area contributed by atoms with E-state index in [1.165, 1.54) is 0 Å². The molecule has 0 bridgehead atoms. The van der Waals surface area contributed by atoms with Crippen molar-refractivity contribution < 1.29 is 17.9 Å². The van der Waals surface area contributed by atoms with Gasteiger partial charge in [-0.3, -0.25) is 0 Å². The second kappa shape index (κ2) is 6.03. The lowest BCUT2D eigenvalue weighted by Gasteiger charge is -2.08. The Morgan fingerprint density at radius 2 is 2.06 bits per heavy atom. The smallest absolute Gasteiger partial charge is 0.441 e. The molecule has 0 saturated heterocycles. The minimum atomic E-state index is -4.17. The van der Waals surface area contributed by atoms with Crippen molar-refractivity contribution >= 4 is 11.8 Å². The Labute approximate surface area is 97.0 Å². The molecule has 0 amide bonds. The van der Waals surface area contributed by atoms with Gasteiger partial charge in [0, 0.05) is 5.75 Å². The zero-order chi connectivity index (χ0) is 12.0. The Morgan fingerprint density at radius 3 is 2.69 bits per heavy atom. The average molecular weight is 250 g/mol. The van der Waals surface area contributed by atoms with Crippen molar-refractivity contribution in [2.75, 3.05) is 12.4 Å². The fourth-order valence-electron chi connectivity index (χ4n) is 1.17. The SMILES string of the molecule is CCc1cccc(OCCSC(F)(F)F)c1. The maximum Gasteiger partial charge on any atom is 0.441 e. The van der Waals surface area contributed by atoms with Crippen LogP contribution in [0.5, 0.6) is 5.75 Å². The van der Waals surface area contributed by atoms with Crippen LogP contribution in [0.3, 0.4) is 0 Å². The number of ether oxygens (including phenoxy) is 1. The highest BCUT2D eigenvalue weighted by Crippen LogP contribution is 2.29. The lowest BCUT2D eigenvalue weighted by molar-refractivity contribution is -0.0329. The molecule has 0 unspecified atom stereocenters. The maximum absolute atomic E-state index is 11.8. The lowest BCUT2D eigenvalue weighted by atomic mass is 10.2. The van der Waals surface area contributed by atoms with Crippen LogP contribution in [0.4, 0.5) is 13.2 Å².